The van der Waals surface area contributed by atoms with Crippen LogP contribution in [0.2, 0.25) is 0 Å². The molecule has 0 unspecified atom stereocenters. The molecule has 0 aliphatic carbocycles. The summed E-state index contributed by atoms with van der Waals surface area (Å²) in [5.41, 5.74) is 8.80. The average molecular weight is 245 g/mol. The first kappa shape index (κ1) is 11.6. The van der Waals surface area contributed by atoms with Crippen molar-refractivity contribution in [2.45, 2.75) is 6.54 Å². The Labute approximate surface area is 107 Å². The molecule has 2 heterocycles. The molecule has 1 aliphatic rings. The van der Waals surface area contributed by atoms with Crippen LogP contribution in [-0.4, -0.2) is 43.0 Å². The molecule has 0 spiro atoms. The molecule has 4 nitrogen and oxygen atoms in total. The lowest BCUT2D eigenvalue weighted by Crippen LogP contribution is -2.43. The maximum Gasteiger partial charge on any atom is 0.134 e. The van der Waals surface area contributed by atoms with E-state index in [4.69, 9.17) is 10.2 Å². The molecule has 1 aromatic carbocycles. The summed E-state index contributed by atoms with van der Waals surface area (Å²) in [4.78, 5) is 4.83. The third-order valence-electron chi connectivity index (χ3n) is 3.67. The van der Waals surface area contributed by atoms with Crippen LogP contribution in [0.3, 0.4) is 0 Å². The van der Waals surface area contributed by atoms with Crippen LogP contribution >= 0.6 is 0 Å². The van der Waals surface area contributed by atoms with Crippen molar-refractivity contribution in [1.29, 1.82) is 0 Å². The van der Waals surface area contributed by atoms with Crippen molar-refractivity contribution in [3.8, 4) is 0 Å². The summed E-state index contributed by atoms with van der Waals surface area (Å²) < 4.78 is 5.57. The Kier molecular flexibility index (Phi) is 2.97. The third kappa shape index (κ3) is 2.21. The summed E-state index contributed by atoms with van der Waals surface area (Å²) in [5.74, 6) is 0. The second kappa shape index (κ2) is 4.63. The lowest BCUT2D eigenvalue weighted by molar-refractivity contribution is 0.148. The number of likely N-dealkylation sites (N-methyl/N-ethyl adjacent to an activating group) is 1. The van der Waals surface area contributed by atoms with Crippen LogP contribution < -0.4 is 5.73 Å². The van der Waals surface area contributed by atoms with Crippen LogP contribution in [0.1, 0.15) is 5.56 Å². The highest BCUT2D eigenvalue weighted by atomic mass is 16.3. The Hall–Kier alpha value is -1.52. The Balaban J connectivity index is 1.80. The minimum atomic E-state index is 0.795. The van der Waals surface area contributed by atoms with Gasteiger partial charge in [0.1, 0.15) is 5.58 Å². The predicted octanol–water partition coefficient (Wildman–Crippen LogP) is 1.76. The highest BCUT2D eigenvalue weighted by molar-refractivity contribution is 5.84. The van der Waals surface area contributed by atoms with Gasteiger partial charge in [0.05, 0.1) is 6.26 Å². The largest absolute Gasteiger partial charge is 0.464 e. The van der Waals surface area contributed by atoms with Crippen molar-refractivity contribution in [2.24, 2.45) is 0 Å². The van der Waals surface area contributed by atoms with Gasteiger partial charge in [-0.25, -0.2) is 0 Å². The zero-order valence-electron chi connectivity index (χ0n) is 10.7. The average Bonchev–Trinajstić information content (AvgIpc) is 2.75. The minimum Gasteiger partial charge on any atom is -0.464 e. The van der Waals surface area contributed by atoms with E-state index in [1.807, 2.05) is 24.5 Å². The SMILES string of the molecule is CN1CCN(Cc2coc3ccc(N)cc23)CC1. The van der Waals surface area contributed by atoms with Gasteiger partial charge in [0, 0.05) is 49.4 Å². The van der Waals surface area contributed by atoms with Gasteiger partial charge in [-0.05, 0) is 25.2 Å². The van der Waals surface area contributed by atoms with Crippen molar-refractivity contribution in [2.75, 3.05) is 39.0 Å². The maximum absolute atomic E-state index is 5.84. The van der Waals surface area contributed by atoms with Crippen molar-refractivity contribution >= 4 is 16.7 Å². The minimum absolute atomic E-state index is 0.795. The van der Waals surface area contributed by atoms with Gasteiger partial charge >= 0.3 is 0 Å². The molecule has 3 rings (SSSR count). The number of furan rings is 1. The van der Waals surface area contributed by atoms with E-state index in [2.05, 4.69) is 16.8 Å². The Morgan fingerprint density at radius 1 is 1.22 bits per heavy atom. The van der Waals surface area contributed by atoms with Gasteiger partial charge in [0.2, 0.25) is 0 Å². The molecule has 0 saturated carbocycles. The van der Waals surface area contributed by atoms with Crippen molar-refractivity contribution in [1.82, 2.24) is 9.80 Å². The number of fused-ring (bicyclic) bond motifs is 1. The fourth-order valence-electron chi connectivity index (χ4n) is 2.47. The first-order valence-electron chi connectivity index (χ1n) is 6.39. The smallest absolute Gasteiger partial charge is 0.134 e. The number of anilines is 1. The zero-order chi connectivity index (χ0) is 12.5. The topological polar surface area (TPSA) is 45.6 Å². The first-order chi connectivity index (χ1) is 8.72. The number of benzene rings is 1. The number of hydrogen-bond acceptors (Lipinski definition) is 4. The number of hydrogen-bond donors (Lipinski definition) is 1. The van der Waals surface area contributed by atoms with E-state index in [1.165, 1.54) is 5.56 Å². The predicted molar refractivity (Wildman–Crippen MR) is 73.4 cm³/mol. The molecule has 1 saturated heterocycles. The first-order valence-corrected chi connectivity index (χ1v) is 6.39. The van der Waals surface area contributed by atoms with E-state index >= 15 is 0 Å². The van der Waals surface area contributed by atoms with E-state index in [9.17, 15) is 0 Å². The summed E-state index contributed by atoms with van der Waals surface area (Å²) in [6, 6.07) is 5.83. The number of rotatable bonds is 2. The van der Waals surface area contributed by atoms with E-state index in [0.29, 0.717) is 0 Å². The fraction of sp³-hybridized carbons (Fsp3) is 0.429. The summed E-state index contributed by atoms with van der Waals surface area (Å²) in [5, 5.41) is 1.15. The third-order valence-corrected chi connectivity index (χ3v) is 3.67. The van der Waals surface area contributed by atoms with Crippen LogP contribution in [0.25, 0.3) is 11.0 Å². The Morgan fingerprint density at radius 3 is 2.78 bits per heavy atom. The summed E-state index contributed by atoms with van der Waals surface area (Å²) in [6.07, 6.45) is 1.86. The Morgan fingerprint density at radius 2 is 2.00 bits per heavy atom. The Bertz CT molecular complexity index is 541. The van der Waals surface area contributed by atoms with Crippen LogP contribution in [0, 0.1) is 0 Å². The lowest BCUT2D eigenvalue weighted by Gasteiger charge is -2.32. The lowest BCUT2D eigenvalue weighted by atomic mass is 10.1. The van der Waals surface area contributed by atoms with Gasteiger partial charge in [-0.1, -0.05) is 0 Å². The molecule has 96 valence electrons. The molecular weight excluding hydrogens is 226 g/mol. The van der Waals surface area contributed by atoms with Gasteiger partial charge in [-0.3, -0.25) is 4.90 Å². The molecule has 4 heteroatoms. The van der Waals surface area contributed by atoms with E-state index < -0.39 is 0 Å². The molecular formula is C14H19N3O. The molecule has 1 aromatic heterocycles. The highest BCUT2D eigenvalue weighted by Crippen LogP contribution is 2.24. The quantitative estimate of drug-likeness (QED) is 0.819. The van der Waals surface area contributed by atoms with Gasteiger partial charge < -0.3 is 15.1 Å². The van der Waals surface area contributed by atoms with Gasteiger partial charge in [0.15, 0.2) is 0 Å². The highest BCUT2D eigenvalue weighted by Gasteiger charge is 2.16. The monoisotopic (exact) mass is 245 g/mol. The normalized spacial score (nSPS) is 18.5. The second-order valence-electron chi connectivity index (χ2n) is 5.10. The van der Waals surface area contributed by atoms with Crippen LogP contribution in [-0.2, 0) is 6.54 Å². The summed E-state index contributed by atoms with van der Waals surface area (Å²) >= 11 is 0. The molecule has 2 N–H and O–H groups in total. The number of nitrogens with zero attached hydrogens (tertiary/aromatic N) is 2. The number of nitrogens with two attached hydrogens (primary N) is 1. The molecule has 1 fully saturated rings. The summed E-state index contributed by atoms with van der Waals surface area (Å²) in [7, 11) is 2.17. The molecule has 2 aromatic rings. The van der Waals surface area contributed by atoms with Crippen LogP contribution in [0.15, 0.2) is 28.9 Å². The standard InChI is InChI=1S/C14H19N3O/c1-16-4-6-17(7-5-16)9-11-10-18-14-3-2-12(15)8-13(11)14/h2-3,8,10H,4-7,9,15H2,1H3. The van der Waals surface area contributed by atoms with Crippen molar-refractivity contribution in [3.63, 3.8) is 0 Å². The van der Waals surface area contributed by atoms with Crippen molar-refractivity contribution in [3.05, 3.63) is 30.0 Å². The molecule has 18 heavy (non-hydrogen) atoms. The van der Waals surface area contributed by atoms with E-state index in [1.54, 1.807) is 0 Å². The molecule has 0 atom stereocenters. The fourth-order valence-corrected chi connectivity index (χ4v) is 2.47. The van der Waals surface area contributed by atoms with Crippen LogP contribution in [0.4, 0.5) is 5.69 Å². The molecule has 0 amide bonds. The van der Waals surface area contributed by atoms with Gasteiger partial charge in [-0.2, -0.15) is 0 Å². The number of nitrogen functional groups attached to an aromatic ring is 1. The molecule has 0 bridgehead atoms. The zero-order valence-corrected chi connectivity index (χ0v) is 10.7. The van der Waals surface area contributed by atoms with E-state index in [-0.39, 0.29) is 0 Å². The second-order valence-corrected chi connectivity index (χ2v) is 5.10. The summed E-state index contributed by atoms with van der Waals surface area (Å²) in [6.45, 7) is 5.46. The van der Waals surface area contributed by atoms with Crippen LogP contribution in [0.5, 0.6) is 0 Å². The van der Waals surface area contributed by atoms with Crippen molar-refractivity contribution < 1.29 is 4.42 Å². The maximum atomic E-state index is 5.84. The van der Waals surface area contributed by atoms with Gasteiger partial charge in [-0.15, -0.1) is 0 Å². The molecule has 0 radical (unpaired) electrons. The number of piperazine rings is 1. The van der Waals surface area contributed by atoms with E-state index in [0.717, 1.165) is 49.4 Å². The van der Waals surface area contributed by atoms with Gasteiger partial charge in [0.25, 0.3) is 0 Å². The molecule has 1 aliphatic heterocycles.